The van der Waals surface area contributed by atoms with Gasteiger partial charge in [0.05, 0.1) is 5.56 Å². The van der Waals surface area contributed by atoms with Crippen molar-refractivity contribution < 1.29 is 29.3 Å². The molecule has 0 bridgehead atoms. The van der Waals surface area contributed by atoms with Gasteiger partial charge in [0, 0.05) is 30.5 Å². The lowest BCUT2D eigenvalue weighted by molar-refractivity contribution is -0.139. The Hall–Kier alpha value is -2.80. The molecule has 0 aromatic heterocycles. The minimum Gasteiger partial charge on any atom is -0.506 e. The third kappa shape index (κ3) is 10.6. The van der Waals surface area contributed by atoms with Gasteiger partial charge in [-0.15, -0.1) is 0 Å². The summed E-state index contributed by atoms with van der Waals surface area (Å²) in [5.74, 6) is -1.47. The van der Waals surface area contributed by atoms with Crippen molar-refractivity contribution in [2.75, 3.05) is 26.4 Å². The molecule has 0 aliphatic heterocycles. The molecule has 3 N–H and O–H groups in total. The zero-order valence-electron chi connectivity index (χ0n) is 21.0. The molecule has 0 fully saturated rings. The van der Waals surface area contributed by atoms with Gasteiger partial charge in [-0.25, -0.2) is 4.79 Å². The molecule has 0 aliphatic carbocycles. The summed E-state index contributed by atoms with van der Waals surface area (Å²) in [5, 5.41) is 23.3. The molecule has 7 nitrogen and oxygen atoms in total. The fourth-order valence-corrected chi connectivity index (χ4v) is 4.02. The SMILES string of the molecule is CCCCCCCCCCCCOCCCNC(=O)c1cc(OCC(=O)O)c2ccccc2c1O. The van der Waals surface area contributed by atoms with Gasteiger partial charge in [-0.3, -0.25) is 4.79 Å². The number of hydrogen-bond acceptors (Lipinski definition) is 5. The molecule has 7 heteroatoms. The summed E-state index contributed by atoms with van der Waals surface area (Å²) >= 11 is 0. The van der Waals surface area contributed by atoms with Gasteiger partial charge in [0.2, 0.25) is 0 Å². The first-order chi connectivity index (χ1) is 17.0. The van der Waals surface area contributed by atoms with Gasteiger partial charge in [0.1, 0.15) is 11.5 Å². The number of amides is 1. The third-order valence-electron chi connectivity index (χ3n) is 5.97. The first kappa shape index (κ1) is 28.4. The van der Waals surface area contributed by atoms with Crippen molar-refractivity contribution >= 4 is 22.6 Å². The Morgan fingerprint density at radius 3 is 2.11 bits per heavy atom. The summed E-state index contributed by atoms with van der Waals surface area (Å²) < 4.78 is 11.0. The van der Waals surface area contributed by atoms with Crippen LogP contribution in [0.25, 0.3) is 10.8 Å². The van der Waals surface area contributed by atoms with E-state index >= 15 is 0 Å². The molecule has 2 rings (SSSR count). The van der Waals surface area contributed by atoms with Crippen molar-refractivity contribution in [3.05, 3.63) is 35.9 Å². The molecular weight excluding hydrogens is 446 g/mol. The van der Waals surface area contributed by atoms with E-state index in [1.54, 1.807) is 24.3 Å². The fourth-order valence-electron chi connectivity index (χ4n) is 4.02. The largest absolute Gasteiger partial charge is 0.506 e. The van der Waals surface area contributed by atoms with Gasteiger partial charge in [-0.05, 0) is 18.9 Å². The monoisotopic (exact) mass is 487 g/mol. The number of benzene rings is 2. The Labute approximate surface area is 208 Å². The van der Waals surface area contributed by atoms with Crippen molar-refractivity contribution in [1.29, 1.82) is 0 Å². The summed E-state index contributed by atoms with van der Waals surface area (Å²) in [5.41, 5.74) is 0.0513. The molecule has 35 heavy (non-hydrogen) atoms. The van der Waals surface area contributed by atoms with Crippen LogP contribution in [-0.4, -0.2) is 48.5 Å². The van der Waals surface area contributed by atoms with Crippen LogP contribution in [0.1, 0.15) is 87.9 Å². The zero-order valence-corrected chi connectivity index (χ0v) is 21.0. The number of unbranched alkanes of at least 4 members (excludes halogenated alkanes) is 9. The molecule has 0 aliphatic rings. The first-order valence-electron chi connectivity index (χ1n) is 13.0. The van der Waals surface area contributed by atoms with Gasteiger partial charge in [0.15, 0.2) is 6.61 Å². The zero-order chi connectivity index (χ0) is 25.3. The molecule has 2 aromatic rings. The standard InChI is InChI=1S/C28H41NO6/c1-2-3-4-5-6-7-8-9-10-13-18-34-19-14-17-29-28(33)24-20-25(35-21-26(30)31)22-15-11-12-16-23(22)27(24)32/h11-12,15-16,20,32H,2-10,13-14,17-19,21H2,1H3,(H,29,33)(H,30,31). The number of aliphatic carboxylic acids is 1. The summed E-state index contributed by atoms with van der Waals surface area (Å²) in [6, 6.07) is 8.25. The van der Waals surface area contributed by atoms with E-state index < -0.39 is 18.5 Å². The van der Waals surface area contributed by atoms with E-state index in [9.17, 15) is 14.7 Å². The number of hydrogen-bond donors (Lipinski definition) is 3. The van der Waals surface area contributed by atoms with E-state index in [1.807, 2.05) is 0 Å². The quantitative estimate of drug-likeness (QED) is 0.208. The van der Waals surface area contributed by atoms with E-state index in [2.05, 4.69) is 12.2 Å². The number of carboxylic acid groups (broad SMARTS) is 1. The molecule has 194 valence electrons. The number of phenolic OH excluding ortho intramolecular Hbond substituents is 1. The van der Waals surface area contributed by atoms with E-state index in [-0.39, 0.29) is 17.1 Å². The molecular formula is C28H41NO6. The van der Waals surface area contributed by atoms with Crippen molar-refractivity contribution in [3.63, 3.8) is 0 Å². The summed E-state index contributed by atoms with van der Waals surface area (Å²) in [4.78, 5) is 23.5. The second kappa shape index (κ2) is 16.8. The highest BCUT2D eigenvalue weighted by Gasteiger charge is 2.18. The van der Waals surface area contributed by atoms with Crippen molar-refractivity contribution in [2.24, 2.45) is 0 Å². The Morgan fingerprint density at radius 1 is 0.857 bits per heavy atom. The molecule has 0 atom stereocenters. The first-order valence-corrected chi connectivity index (χ1v) is 13.0. The Morgan fingerprint density at radius 2 is 1.46 bits per heavy atom. The summed E-state index contributed by atoms with van der Waals surface area (Å²) in [7, 11) is 0. The highest BCUT2D eigenvalue weighted by atomic mass is 16.5. The number of carbonyl (C=O) groups excluding carboxylic acids is 1. The highest BCUT2D eigenvalue weighted by molar-refractivity contribution is 6.05. The normalized spacial score (nSPS) is 11.0. The van der Waals surface area contributed by atoms with E-state index in [4.69, 9.17) is 14.6 Å². The maximum Gasteiger partial charge on any atom is 0.341 e. The number of nitrogens with one attached hydrogen (secondary N) is 1. The molecule has 0 unspecified atom stereocenters. The molecule has 2 aromatic carbocycles. The minimum atomic E-state index is -1.12. The van der Waals surface area contributed by atoms with Crippen LogP contribution in [0.15, 0.2) is 30.3 Å². The Balaban J connectivity index is 1.65. The number of phenols is 1. The van der Waals surface area contributed by atoms with Crippen LogP contribution in [0.3, 0.4) is 0 Å². The summed E-state index contributed by atoms with van der Waals surface area (Å²) in [6.07, 6.45) is 13.6. The van der Waals surface area contributed by atoms with Gasteiger partial charge in [0.25, 0.3) is 5.91 Å². The van der Waals surface area contributed by atoms with Crippen LogP contribution >= 0.6 is 0 Å². The maximum atomic E-state index is 12.6. The highest BCUT2D eigenvalue weighted by Crippen LogP contribution is 2.36. The average molecular weight is 488 g/mol. The van der Waals surface area contributed by atoms with Crippen molar-refractivity contribution in [2.45, 2.75) is 77.6 Å². The van der Waals surface area contributed by atoms with Crippen LogP contribution in [-0.2, 0) is 9.53 Å². The molecule has 0 saturated carbocycles. The number of aromatic hydroxyl groups is 1. The number of carbonyl (C=O) groups is 2. The van der Waals surface area contributed by atoms with Gasteiger partial charge < -0.3 is 25.0 Å². The number of carboxylic acids is 1. The lowest BCUT2D eigenvalue weighted by Gasteiger charge is -2.13. The Kier molecular flexibility index (Phi) is 13.6. The van der Waals surface area contributed by atoms with Crippen molar-refractivity contribution in [1.82, 2.24) is 5.32 Å². The van der Waals surface area contributed by atoms with E-state index in [0.717, 1.165) is 13.0 Å². The molecule has 1 amide bonds. The molecule has 0 radical (unpaired) electrons. The van der Waals surface area contributed by atoms with Crippen molar-refractivity contribution in [3.8, 4) is 11.5 Å². The maximum absolute atomic E-state index is 12.6. The van der Waals surface area contributed by atoms with Crippen LogP contribution in [0, 0.1) is 0 Å². The number of fused-ring (bicyclic) bond motifs is 1. The molecule has 0 heterocycles. The topological polar surface area (TPSA) is 105 Å². The fraction of sp³-hybridized carbons (Fsp3) is 0.571. The van der Waals surface area contributed by atoms with Crippen LogP contribution in [0.2, 0.25) is 0 Å². The van der Waals surface area contributed by atoms with E-state index in [1.165, 1.54) is 63.9 Å². The third-order valence-corrected chi connectivity index (χ3v) is 5.97. The van der Waals surface area contributed by atoms with Gasteiger partial charge in [-0.2, -0.15) is 0 Å². The second-order valence-electron chi connectivity index (χ2n) is 8.90. The minimum absolute atomic E-state index is 0.0513. The predicted octanol–water partition coefficient (Wildman–Crippen LogP) is 6.07. The van der Waals surface area contributed by atoms with Gasteiger partial charge >= 0.3 is 5.97 Å². The smallest absolute Gasteiger partial charge is 0.341 e. The van der Waals surface area contributed by atoms with Crippen LogP contribution in [0.4, 0.5) is 0 Å². The predicted molar refractivity (Wildman–Crippen MR) is 138 cm³/mol. The summed E-state index contributed by atoms with van der Waals surface area (Å²) in [6.45, 7) is 3.42. The number of rotatable bonds is 19. The Bertz CT molecular complexity index is 914. The van der Waals surface area contributed by atoms with Gasteiger partial charge in [-0.1, -0.05) is 89.0 Å². The molecule has 0 spiro atoms. The number of ether oxygens (including phenoxy) is 2. The molecule has 0 saturated heterocycles. The van der Waals surface area contributed by atoms with Crippen LogP contribution < -0.4 is 10.1 Å². The lowest BCUT2D eigenvalue weighted by atomic mass is 10.0. The average Bonchev–Trinajstić information content (AvgIpc) is 2.86. The van der Waals surface area contributed by atoms with Crippen LogP contribution in [0.5, 0.6) is 11.5 Å². The van der Waals surface area contributed by atoms with E-state index in [0.29, 0.717) is 30.3 Å². The lowest BCUT2D eigenvalue weighted by Crippen LogP contribution is -2.25. The second-order valence-corrected chi connectivity index (χ2v) is 8.90.